The zero-order valence-electron chi connectivity index (χ0n) is 10.2. The Morgan fingerprint density at radius 2 is 2.06 bits per heavy atom. The monoisotopic (exact) mass is 239 g/mol. The third-order valence-electron chi connectivity index (χ3n) is 2.22. The fourth-order valence-electron chi connectivity index (χ4n) is 1.40. The van der Waals surface area contributed by atoms with Crippen LogP contribution in [0.15, 0.2) is 24.5 Å². The van der Waals surface area contributed by atoms with Gasteiger partial charge in [-0.05, 0) is 12.1 Å². The quantitative estimate of drug-likeness (QED) is 0.523. The molecule has 0 fully saturated rings. The summed E-state index contributed by atoms with van der Waals surface area (Å²) in [6, 6.07) is 5.94. The molecule has 0 saturated heterocycles. The second-order valence-electron chi connectivity index (χ2n) is 4.92. The normalized spacial score (nSPS) is 10.7. The molecule has 2 aromatic rings. The molecule has 0 N–H and O–H groups in total. The fourth-order valence-corrected chi connectivity index (χ4v) is 1.92. The fraction of sp³-hybridized carbons (Fsp3) is 0.231. The van der Waals surface area contributed by atoms with Crippen LogP contribution in [-0.2, 0) is 0 Å². The van der Waals surface area contributed by atoms with Crippen LogP contribution in [0.2, 0.25) is 19.6 Å². The first-order chi connectivity index (χ1) is 7.99. The second-order valence-corrected chi connectivity index (χ2v) is 9.67. The molecule has 0 aromatic carbocycles. The van der Waals surface area contributed by atoms with Crippen molar-refractivity contribution in [3.8, 4) is 17.5 Å². The van der Waals surface area contributed by atoms with Crippen molar-refractivity contribution in [1.29, 1.82) is 5.26 Å². The van der Waals surface area contributed by atoms with Crippen LogP contribution in [0.25, 0.3) is 5.52 Å². The second kappa shape index (κ2) is 4.08. The van der Waals surface area contributed by atoms with Crippen LogP contribution in [0.5, 0.6) is 0 Å². The predicted octanol–water partition coefficient (Wildman–Crippen LogP) is 2.43. The van der Waals surface area contributed by atoms with Gasteiger partial charge in [0.1, 0.15) is 14.1 Å². The van der Waals surface area contributed by atoms with Crippen molar-refractivity contribution in [2.45, 2.75) is 19.6 Å². The van der Waals surface area contributed by atoms with Gasteiger partial charge in [0.2, 0.25) is 0 Å². The van der Waals surface area contributed by atoms with Crippen molar-refractivity contribution in [3.63, 3.8) is 0 Å². The molecule has 3 nitrogen and oxygen atoms in total. The van der Waals surface area contributed by atoms with E-state index in [9.17, 15) is 0 Å². The summed E-state index contributed by atoms with van der Waals surface area (Å²) in [7, 11) is -1.35. The highest BCUT2D eigenvalue weighted by Gasteiger charge is 2.08. The maximum Gasteiger partial charge on any atom is 0.129 e. The van der Waals surface area contributed by atoms with Gasteiger partial charge in [0.05, 0.1) is 17.3 Å². The summed E-state index contributed by atoms with van der Waals surface area (Å²) in [5.41, 5.74) is 5.66. The van der Waals surface area contributed by atoms with Gasteiger partial charge in [-0.1, -0.05) is 25.6 Å². The van der Waals surface area contributed by atoms with Crippen molar-refractivity contribution >= 4 is 13.6 Å². The van der Waals surface area contributed by atoms with Crippen LogP contribution >= 0.6 is 0 Å². The highest BCUT2D eigenvalue weighted by atomic mass is 28.3. The number of nitriles is 1. The SMILES string of the molecule is C[Si](C)(C)C#Cc1ccc2c(C#N)cnn2c1. The largest absolute Gasteiger partial charge is 0.238 e. The predicted molar refractivity (Wildman–Crippen MR) is 70.1 cm³/mol. The zero-order valence-corrected chi connectivity index (χ0v) is 11.2. The molecule has 0 bridgehead atoms. The number of aromatic nitrogens is 2. The van der Waals surface area contributed by atoms with E-state index in [1.165, 1.54) is 0 Å². The summed E-state index contributed by atoms with van der Waals surface area (Å²) in [5.74, 6) is 3.17. The first-order valence-corrected chi connectivity index (χ1v) is 8.90. The number of pyridine rings is 1. The van der Waals surface area contributed by atoms with Gasteiger partial charge in [-0.3, -0.25) is 0 Å². The highest BCUT2D eigenvalue weighted by Crippen LogP contribution is 2.10. The van der Waals surface area contributed by atoms with E-state index >= 15 is 0 Å². The molecule has 4 heteroatoms. The topological polar surface area (TPSA) is 41.1 Å². The van der Waals surface area contributed by atoms with Gasteiger partial charge < -0.3 is 0 Å². The minimum Gasteiger partial charge on any atom is -0.238 e. The molecular formula is C13H13N3Si. The molecule has 0 aliphatic carbocycles. The molecule has 0 spiro atoms. The van der Waals surface area contributed by atoms with E-state index in [1.54, 1.807) is 10.7 Å². The lowest BCUT2D eigenvalue weighted by Gasteiger charge is -2.03. The van der Waals surface area contributed by atoms with E-state index in [0.29, 0.717) is 5.56 Å². The Hall–Kier alpha value is -2.04. The molecule has 0 saturated carbocycles. The van der Waals surface area contributed by atoms with Gasteiger partial charge in [-0.15, -0.1) is 5.54 Å². The van der Waals surface area contributed by atoms with Crippen molar-refractivity contribution in [2.24, 2.45) is 0 Å². The van der Waals surface area contributed by atoms with Crippen LogP contribution in [0.1, 0.15) is 11.1 Å². The Morgan fingerprint density at radius 3 is 2.71 bits per heavy atom. The van der Waals surface area contributed by atoms with Crippen molar-refractivity contribution < 1.29 is 0 Å². The lowest BCUT2D eigenvalue weighted by molar-refractivity contribution is 0.958. The smallest absolute Gasteiger partial charge is 0.129 e. The van der Waals surface area contributed by atoms with Gasteiger partial charge in [-0.25, -0.2) is 4.52 Å². The molecule has 84 valence electrons. The molecule has 0 amide bonds. The number of hydrogen-bond donors (Lipinski definition) is 0. The Bertz CT molecular complexity index is 660. The molecule has 2 rings (SSSR count). The molecule has 0 aliphatic heterocycles. The first-order valence-electron chi connectivity index (χ1n) is 5.40. The maximum atomic E-state index is 8.88. The molecule has 2 aromatic heterocycles. The lowest BCUT2D eigenvalue weighted by atomic mass is 10.2. The van der Waals surface area contributed by atoms with E-state index in [0.717, 1.165) is 11.1 Å². The van der Waals surface area contributed by atoms with Crippen molar-refractivity contribution in [3.05, 3.63) is 35.7 Å². The molecule has 0 atom stereocenters. The third kappa shape index (κ3) is 2.55. The first kappa shape index (κ1) is 11.4. The minimum absolute atomic E-state index is 0.592. The van der Waals surface area contributed by atoms with Gasteiger partial charge in [0.25, 0.3) is 0 Å². The average molecular weight is 239 g/mol. The molecule has 2 heterocycles. The minimum atomic E-state index is -1.35. The van der Waals surface area contributed by atoms with Crippen molar-refractivity contribution in [1.82, 2.24) is 9.61 Å². The molecule has 0 unspecified atom stereocenters. The van der Waals surface area contributed by atoms with E-state index in [2.05, 4.69) is 42.3 Å². The summed E-state index contributed by atoms with van der Waals surface area (Å²) in [6.07, 6.45) is 3.44. The summed E-state index contributed by atoms with van der Waals surface area (Å²) < 4.78 is 1.70. The van der Waals surface area contributed by atoms with Crippen LogP contribution in [0, 0.1) is 22.8 Å². The van der Waals surface area contributed by atoms with Crippen LogP contribution < -0.4 is 0 Å². The Morgan fingerprint density at radius 1 is 1.29 bits per heavy atom. The summed E-state index contributed by atoms with van der Waals surface area (Å²) in [6.45, 7) is 6.63. The molecular weight excluding hydrogens is 226 g/mol. The zero-order chi connectivity index (χ0) is 12.5. The van der Waals surface area contributed by atoms with Crippen LogP contribution in [0.4, 0.5) is 0 Å². The summed E-state index contributed by atoms with van der Waals surface area (Å²) in [4.78, 5) is 0. The highest BCUT2D eigenvalue weighted by molar-refractivity contribution is 6.83. The molecule has 0 radical (unpaired) electrons. The van der Waals surface area contributed by atoms with Gasteiger partial charge >= 0.3 is 0 Å². The number of nitrogens with zero attached hydrogens (tertiary/aromatic N) is 3. The van der Waals surface area contributed by atoms with E-state index in [1.807, 2.05) is 18.3 Å². The Kier molecular flexibility index (Phi) is 2.75. The van der Waals surface area contributed by atoms with E-state index < -0.39 is 8.07 Å². The molecule has 17 heavy (non-hydrogen) atoms. The summed E-state index contributed by atoms with van der Waals surface area (Å²) in [5, 5.41) is 13.0. The maximum absolute atomic E-state index is 8.88. The van der Waals surface area contributed by atoms with Gasteiger partial charge in [0.15, 0.2) is 0 Å². The summed E-state index contributed by atoms with van der Waals surface area (Å²) >= 11 is 0. The van der Waals surface area contributed by atoms with Crippen LogP contribution in [0.3, 0.4) is 0 Å². The Balaban J connectivity index is 2.46. The van der Waals surface area contributed by atoms with E-state index in [4.69, 9.17) is 5.26 Å². The lowest BCUT2D eigenvalue weighted by Crippen LogP contribution is -2.16. The van der Waals surface area contributed by atoms with Gasteiger partial charge in [0, 0.05) is 11.8 Å². The number of rotatable bonds is 0. The molecule has 0 aliphatic rings. The standard InChI is InChI=1S/C13H13N3Si/c1-17(2,3)7-6-11-4-5-13-12(8-14)9-15-16(13)10-11/h4-5,9-10H,1-3H3. The van der Waals surface area contributed by atoms with E-state index in [-0.39, 0.29) is 0 Å². The van der Waals surface area contributed by atoms with Gasteiger partial charge in [-0.2, -0.15) is 10.4 Å². The number of fused-ring (bicyclic) bond motifs is 1. The van der Waals surface area contributed by atoms with Crippen LogP contribution in [-0.4, -0.2) is 17.7 Å². The third-order valence-corrected chi connectivity index (χ3v) is 3.09. The number of hydrogen-bond acceptors (Lipinski definition) is 2. The average Bonchev–Trinajstić information content (AvgIpc) is 2.67. The Labute approximate surface area is 102 Å². The van der Waals surface area contributed by atoms with Crippen molar-refractivity contribution in [2.75, 3.05) is 0 Å².